The largest absolute Gasteiger partial charge is 0.491 e. The van der Waals surface area contributed by atoms with Crippen molar-refractivity contribution in [3.05, 3.63) is 82.4 Å². The Morgan fingerprint density at radius 3 is 2.90 bits per heavy atom. The van der Waals surface area contributed by atoms with E-state index >= 15 is 0 Å². The molecule has 0 aliphatic heterocycles. The van der Waals surface area contributed by atoms with E-state index in [0.717, 1.165) is 31.4 Å². The highest BCUT2D eigenvalue weighted by atomic mass is 35.5. The minimum Gasteiger partial charge on any atom is -0.491 e. The molecule has 0 bridgehead atoms. The zero-order chi connectivity index (χ0) is 20.9. The number of halogens is 2. The van der Waals surface area contributed by atoms with Crippen LogP contribution in [0.5, 0.6) is 5.75 Å². The number of fused-ring (bicyclic) bond motifs is 1. The second-order valence-corrected chi connectivity index (χ2v) is 7.78. The quantitative estimate of drug-likeness (QED) is 0.595. The molecule has 4 rings (SSSR count). The molecule has 0 unspecified atom stereocenters. The van der Waals surface area contributed by atoms with E-state index in [1.54, 1.807) is 0 Å². The lowest BCUT2D eigenvalue weighted by atomic mass is 9.92. The van der Waals surface area contributed by atoms with Crippen LogP contribution in [0.2, 0.25) is 5.02 Å². The van der Waals surface area contributed by atoms with E-state index in [1.807, 2.05) is 29.1 Å². The number of ether oxygens (including phenoxy) is 1. The van der Waals surface area contributed by atoms with Gasteiger partial charge in [0.25, 0.3) is 0 Å². The summed E-state index contributed by atoms with van der Waals surface area (Å²) >= 11 is 5.94. The van der Waals surface area contributed by atoms with E-state index in [-0.39, 0.29) is 30.0 Å². The lowest BCUT2D eigenvalue weighted by Crippen LogP contribution is -2.31. The second kappa shape index (κ2) is 9.30. The Morgan fingerprint density at radius 2 is 2.10 bits per heavy atom. The number of carbonyl (C=O) groups is 1. The van der Waals surface area contributed by atoms with Crippen molar-refractivity contribution < 1.29 is 13.9 Å². The third kappa shape index (κ3) is 4.82. The van der Waals surface area contributed by atoms with Gasteiger partial charge in [-0.1, -0.05) is 41.9 Å². The molecule has 1 aliphatic carbocycles. The summed E-state index contributed by atoms with van der Waals surface area (Å²) in [4.78, 5) is 12.4. The highest BCUT2D eigenvalue weighted by Crippen LogP contribution is 2.30. The predicted octanol–water partition coefficient (Wildman–Crippen LogP) is 4.69. The van der Waals surface area contributed by atoms with E-state index < -0.39 is 5.82 Å². The van der Waals surface area contributed by atoms with Crippen LogP contribution in [0.15, 0.2) is 54.7 Å². The molecule has 0 spiro atoms. The zero-order valence-electron chi connectivity index (χ0n) is 16.5. The van der Waals surface area contributed by atoms with Crippen molar-refractivity contribution in [2.75, 3.05) is 6.61 Å². The molecule has 1 N–H and O–H groups in total. The van der Waals surface area contributed by atoms with Crippen LogP contribution in [0.4, 0.5) is 4.39 Å². The third-order valence-corrected chi connectivity index (χ3v) is 5.55. The zero-order valence-corrected chi connectivity index (χ0v) is 17.2. The molecule has 1 aromatic heterocycles. The second-order valence-electron chi connectivity index (χ2n) is 7.38. The number of benzene rings is 2. The van der Waals surface area contributed by atoms with Gasteiger partial charge in [-0.2, -0.15) is 5.10 Å². The first-order chi connectivity index (χ1) is 14.6. The van der Waals surface area contributed by atoms with Gasteiger partial charge in [0, 0.05) is 11.3 Å². The number of nitrogens with zero attached hydrogens (tertiary/aromatic N) is 2. The first kappa shape index (κ1) is 20.4. The van der Waals surface area contributed by atoms with Crippen molar-refractivity contribution in [1.82, 2.24) is 15.1 Å². The number of carbonyl (C=O) groups excluding carboxylic acids is 1. The van der Waals surface area contributed by atoms with E-state index in [9.17, 15) is 9.18 Å². The highest BCUT2D eigenvalue weighted by molar-refractivity contribution is 6.32. The van der Waals surface area contributed by atoms with Crippen LogP contribution in [0, 0.1) is 5.82 Å². The molecule has 0 saturated heterocycles. The average Bonchev–Trinajstić information content (AvgIpc) is 3.14. The molecule has 0 radical (unpaired) electrons. The van der Waals surface area contributed by atoms with Crippen LogP contribution in [-0.4, -0.2) is 22.3 Å². The van der Waals surface area contributed by atoms with Crippen LogP contribution in [0.25, 0.3) is 0 Å². The van der Waals surface area contributed by atoms with Crippen LogP contribution < -0.4 is 10.1 Å². The summed E-state index contributed by atoms with van der Waals surface area (Å²) in [5.74, 6) is -0.152. The van der Waals surface area contributed by atoms with Crippen LogP contribution >= 0.6 is 11.6 Å². The highest BCUT2D eigenvalue weighted by Gasteiger charge is 2.25. The first-order valence-electron chi connectivity index (χ1n) is 10.1. The molecule has 7 heteroatoms. The smallest absolute Gasteiger partial charge is 0.223 e. The Bertz CT molecular complexity index is 1020. The number of nitrogens with one attached hydrogen (secondary N) is 1. The molecule has 156 valence electrons. The van der Waals surface area contributed by atoms with E-state index in [2.05, 4.69) is 22.5 Å². The summed E-state index contributed by atoms with van der Waals surface area (Å²) in [6, 6.07) is 14.1. The Balaban J connectivity index is 1.34. The van der Waals surface area contributed by atoms with Crippen molar-refractivity contribution in [2.45, 2.75) is 38.3 Å². The number of amides is 1. The van der Waals surface area contributed by atoms with Crippen molar-refractivity contribution >= 4 is 17.5 Å². The molecule has 30 heavy (non-hydrogen) atoms. The fraction of sp³-hybridized carbons (Fsp3) is 0.304. The van der Waals surface area contributed by atoms with Gasteiger partial charge >= 0.3 is 0 Å². The van der Waals surface area contributed by atoms with Crippen molar-refractivity contribution in [3.63, 3.8) is 0 Å². The summed E-state index contributed by atoms with van der Waals surface area (Å²) in [5, 5.41) is 7.85. The van der Waals surface area contributed by atoms with E-state index in [0.29, 0.717) is 5.75 Å². The van der Waals surface area contributed by atoms with Gasteiger partial charge in [0.2, 0.25) is 5.91 Å². The summed E-state index contributed by atoms with van der Waals surface area (Å²) < 4.78 is 20.6. The fourth-order valence-electron chi connectivity index (χ4n) is 3.77. The van der Waals surface area contributed by atoms with Gasteiger partial charge in [-0.3, -0.25) is 9.48 Å². The Hall–Kier alpha value is -2.86. The van der Waals surface area contributed by atoms with Crippen molar-refractivity contribution in [2.24, 2.45) is 0 Å². The molecule has 5 nitrogen and oxygen atoms in total. The molecule has 1 heterocycles. The molecule has 1 atom stereocenters. The summed E-state index contributed by atoms with van der Waals surface area (Å²) in [7, 11) is 0. The number of hydrogen-bond donors (Lipinski definition) is 1. The maximum Gasteiger partial charge on any atom is 0.223 e. The van der Waals surface area contributed by atoms with Gasteiger partial charge in [-0.05, 0) is 43.0 Å². The maximum absolute atomic E-state index is 13.1. The monoisotopic (exact) mass is 427 g/mol. The summed E-state index contributed by atoms with van der Waals surface area (Å²) in [6.07, 6.45) is 4.91. The lowest BCUT2D eigenvalue weighted by Gasteiger charge is -2.24. The number of aromatic nitrogens is 2. The Kier molecular flexibility index (Phi) is 6.33. The minimum atomic E-state index is -0.425. The lowest BCUT2D eigenvalue weighted by molar-refractivity contribution is -0.122. The van der Waals surface area contributed by atoms with E-state index in [1.165, 1.54) is 29.5 Å². The van der Waals surface area contributed by atoms with Crippen molar-refractivity contribution in [3.8, 4) is 5.75 Å². The van der Waals surface area contributed by atoms with Crippen LogP contribution in [0.3, 0.4) is 0 Å². The van der Waals surface area contributed by atoms with Crippen molar-refractivity contribution in [1.29, 1.82) is 0 Å². The number of rotatable bonds is 7. The third-order valence-electron chi connectivity index (χ3n) is 5.25. The molecule has 0 fully saturated rings. The SMILES string of the molecule is O=C(CCOc1ccc(F)cc1Cl)N[C@@H]1CCCc2c1cnn2Cc1ccccc1. The van der Waals surface area contributed by atoms with Gasteiger partial charge in [0.05, 0.1) is 36.8 Å². The topological polar surface area (TPSA) is 56.1 Å². The molecular formula is C23H23ClFN3O2. The summed E-state index contributed by atoms with van der Waals surface area (Å²) in [6.45, 7) is 0.896. The van der Waals surface area contributed by atoms with Gasteiger partial charge in [-0.25, -0.2) is 4.39 Å². The molecule has 2 aromatic carbocycles. The minimum absolute atomic E-state index is 0.0415. The van der Waals surface area contributed by atoms with Gasteiger partial charge in [0.15, 0.2) is 0 Å². The van der Waals surface area contributed by atoms with E-state index in [4.69, 9.17) is 16.3 Å². The Morgan fingerprint density at radius 1 is 1.27 bits per heavy atom. The van der Waals surface area contributed by atoms with Gasteiger partial charge < -0.3 is 10.1 Å². The molecule has 1 aliphatic rings. The summed E-state index contributed by atoms with van der Waals surface area (Å²) in [5.41, 5.74) is 3.48. The predicted molar refractivity (Wildman–Crippen MR) is 113 cm³/mol. The molecule has 0 saturated carbocycles. The van der Waals surface area contributed by atoms with Crippen LogP contribution in [0.1, 0.15) is 42.1 Å². The van der Waals surface area contributed by atoms with Gasteiger partial charge in [-0.15, -0.1) is 0 Å². The normalized spacial score (nSPS) is 15.5. The standard InChI is InChI=1S/C23H23ClFN3O2/c24-19-13-17(25)9-10-22(19)30-12-11-23(29)27-20-7-4-8-21-18(20)14-26-28(21)15-16-5-2-1-3-6-16/h1-3,5-6,9-10,13-14,20H,4,7-8,11-12,15H2,(H,27,29)/t20-/m1/s1. The maximum atomic E-state index is 13.1. The van der Waals surface area contributed by atoms with Gasteiger partial charge in [0.1, 0.15) is 11.6 Å². The Labute approximate surface area is 179 Å². The molecular weight excluding hydrogens is 405 g/mol. The molecule has 1 amide bonds. The first-order valence-corrected chi connectivity index (χ1v) is 10.4. The number of hydrogen-bond acceptors (Lipinski definition) is 3. The average molecular weight is 428 g/mol. The fourth-order valence-corrected chi connectivity index (χ4v) is 4.00. The molecule has 3 aromatic rings. The van der Waals surface area contributed by atoms with Crippen LogP contribution in [-0.2, 0) is 17.8 Å².